The average molecular weight is 295 g/mol. The molecule has 0 aliphatic heterocycles. The van der Waals surface area contributed by atoms with Gasteiger partial charge in [-0.25, -0.2) is 5.43 Å². The molecule has 0 saturated carbocycles. The van der Waals surface area contributed by atoms with Crippen molar-refractivity contribution in [3.8, 4) is 0 Å². The summed E-state index contributed by atoms with van der Waals surface area (Å²) in [4.78, 5) is 12.0. The molecule has 22 heavy (non-hydrogen) atoms. The van der Waals surface area contributed by atoms with Gasteiger partial charge >= 0.3 is 5.91 Å². The van der Waals surface area contributed by atoms with Gasteiger partial charge in [-0.2, -0.15) is 5.10 Å². The molecule has 1 aromatic carbocycles. The molecule has 0 bridgehead atoms. The second-order valence-electron chi connectivity index (χ2n) is 5.33. The maximum Gasteiger partial charge on any atom is 0.307 e. The predicted octanol–water partition coefficient (Wildman–Crippen LogP) is 3.58. The molecule has 0 unspecified atom stereocenters. The summed E-state index contributed by atoms with van der Waals surface area (Å²) in [5.41, 5.74) is 4.09. The van der Waals surface area contributed by atoms with Gasteiger partial charge in [0, 0.05) is 29.4 Å². The maximum atomic E-state index is 12.0. The predicted molar refractivity (Wildman–Crippen MR) is 86.1 cm³/mol. The molecule has 5 nitrogen and oxygen atoms in total. The van der Waals surface area contributed by atoms with E-state index in [9.17, 15) is 4.79 Å². The van der Waals surface area contributed by atoms with Crippen molar-refractivity contribution in [3.05, 3.63) is 60.1 Å². The quantitative estimate of drug-likeness (QED) is 0.591. The first kappa shape index (κ1) is 14.1. The molecule has 0 atom stereocenters. The zero-order valence-electron chi connectivity index (χ0n) is 12.5. The van der Waals surface area contributed by atoms with E-state index in [1.165, 1.54) is 0 Å². The van der Waals surface area contributed by atoms with E-state index in [-0.39, 0.29) is 11.7 Å². The molecule has 3 aromatic rings. The zero-order chi connectivity index (χ0) is 15.5. The first-order chi connectivity index (χ1) is 10.6. The van der Waals surface area contributed by atoms with Crippen molar-refractivity contribution in [2.24, 2.45) is 5.10 Å². The van der Waals surface area contributed by atoms with Crippen molar-refractivity contribution in [1.29, 1.82) is 0 Å². The van der Waals surface area contributed by atoms with Gasteiger partial charge in [-0.1, -0.05) is 18.2 Å². The minimum Gasteiger partial charge on any atom is -0.451 e. The number of carbonyl (C=O) groups excluding carboxylic acids is 1. The van der Waals surface area contributed by atoms with Gasteiger partial charge in [0.2, 0.25) is 0 Å². The minimum atomic E-state index is -0.365. The molecular formula is C17H17N3O2. The number of hydrogen-bond donors (Lipinski definition) is 1. The van der Waals surface area contributed by atoms with Crippen LogP contribution in [0.1, 0.15) is 36.0 Å². The lowest BCUT2D eigenvalue weighted by Gasteiger charge is -2.04. The standard InChI is InChI=1S/C17H17N3O2/c1-12(2)20-8-7-13(11-20)10-18-19-17(21)16-9-14-5-3-4-6-15(14)22-16/h3-12H,1-2H3,(H,19,21)/b18-10+. The SMILES string of the molecule is CC(C)n1ccc(/C=N/NC(=O)c2cc3ccccc3o2)c1. The van der Waals surface area contributed by atoms with Crippen LogP contribution in [0.4, 0.5) is 0 Å². The Kier molecular flexibility index (Phi) is 3.78. The van der Waals surface area contributed by atoms with Crippen LogP contribution in [0, 0.1) is 0 Å². The van der Waals surface area contributed by atoms with Crippen LogP contribution in [0.5, 0.6) is 0 Å². The highest BCUT2D eigenvalue weighted by molar-refractivity contribution is 5.96. The summed E-state index contributed by atoms with van der Waals surface area (Å²) in [5, 5.41) is 4.86. The molecule has 0 radical (unpaired) electrons. The molecule has 3 rings (SSSR count). The van der Waals surface area contributed by atoms with E-state index < -0.39 is 0 Å². The van der Waals surface area contributed by atoms with Gasteiger partial charge < -0.3 is 8.98 Å². The lowest BCUT2D eigenvalue weighted by molar-refractivity contribution is 0.0929. The van der Waals surface area contributed by atoms with Crippen molar-refractivity contribution in [2.45, 2.75) is 19.9 Å². The number of carbonyl (C=O) groups is 1. The summed E-state index contributed by atoms with van der Waals surface area (Å²) in [7, 11) is 0. The van der Waals surface area contributed by atoms with Crippen molar-refractivity contribution in [1.82, 2.24) is 9.99 Å². The number of fused-ring (bicyclic) bond motifs is 1. The number of nitrogens with zero attached hydrogens (tertiary/aromatic N) is 2. The van der Waals surface area contributed by atoms with Crippen LogP contribution in [-0.4, -0.2) is 16.7 Å². The lowest BCUT2D eigenvalue weighted by atomic mass is 10.2. The van der Waals surface area contributed by atoms with Crippen LogP contribution in [0.3, 0.4) is 0 Å². The first-order valence-electron chi connectivity index (χ1n) is 7.13. The van der Waals surface area contributed by atoms with E-state index in [0.29, 0.717) is 11.6 Å². The van der Waals surface area contributed by atoms with Gasteiger partial charge in [0.25, 0.3) is 0 Å². The average Bonchev–Trinajstić information content (AvgIpc) is 3.13. The molecule has 0 fully saturated rings. The molecule has 0 aliphatic carbocycles. The summed E-state index contributed by atoms with van der Waals surface area (Å²) in [6.45, 7) is 4.20. The Bertz CT molecular complexity index is 794. The summed E-state index contributed by atoms with van der Waals surface area (Å²) in [5.74, 6) is -0.117. The Hall–Kier alpha value is -2.82. The van der Waals surface area contributed by atoms with Crippen LogP contribution in [0.25, 0.3) is 11.0 Å². The van der Waals surface area contributed by atoms with Crippen LogP contribution in [0.15, 0.2) is 58.3 Å². The highest BCUT2D eigenvalue weighted by Crippen LogP contribution is 2.18. The number of hydrogen-bond acceptors (Lipinski definition) is 3. The molecule has 2 heterocycles. The van der Waals surface area contributed by atoms with Gasteiger partial charge in [0.1, 0.15) is 5.58 Å². The molecule has 112 valence electrons. The number of nitrogens with one attached hydrogen (secondary N) is 1. The first-order valence-corrected chi connectivity index (χ1v) is 7.13. The summed E-state index contributed by atoms with van der Waals surface area (Å²) in [6, 6.07) is 11.5. The second-order valence-corrected chi connectivity index (χ2v) is 5.33. The number of hydrazone groups is 1. The fourth-order valence-corrected chi connectivity index (χ4v) is 2.14. The molecule has 0 spiro atoms. The summed E-state index contributed by atoms with van der Waals surface area (Å²) in [6.07, 6.45) is 5.56. The Morgan fingerprint density at radius 2 is 2.14 bits per heavy atom. The molecule has 0 saturated heterocycles. The van der Waals surface area contributed by atoms with Crippen molar-refractivity contribution in [2.75, 3.05) is 0 Å². The Labute approximate surface area is 128 Å². The van der Waals surface area contributed by atoms with E-state index in [0.717, 1.165) is 10.9 Å². The fourth-order valence-electron chi connectivity index (χ4n) is 2.14. The zero-order valence-corrected chi connectivity index (χ0v) is 12.5. The van der Waals surface area contributed by atoms with Crippen LogP contribution in [0.2, 0.25) is 0 Å². The number of furan rings is 1. The third kappa shape index (κ3) is 2.93. The Morgan fingerprint density at radius 1 is 1.32 bits per heavy atom. The highest BCUT2D eigenvalue weighted by atomic mass is 16.3. The van der Waals surface area contributed by atoms with Gasteiger partial charge in [-0.3, -0.25) is 4.79 Å². The maximum absolute atomic E-state index is 12.0. The second kappa shape index (κ2) is 5.89. The number of amides is 1. The van der Waals surface area contributed by atoms with Gasteiger partial charge in [0.05, 0.1) is 6.21 Å². The van der Waals surface area contributed by atoms with Crippen LogP contribution in [-0.2, 0) is 0 Å². The van der Waals surface area contributed by atoms with Crippen molar-refractivity contribution in [3.63, 3.8) is 0 Å². The van der Waals surface area contributed by atoms with Crippen molar-refractivity contribution < 1.29 is 9.21 Å². The van der Waals surface area contributed by atoms with E-state index in [1.807, 2.05) is 42.7 Å². The van der Waals surface area contributed by atoms with E-state index in [2.05, 4.69) is 28.9 Å². The molecule has 0 aliphatic rings. The highest BCUT2D eigenvalue weighted by Gasteiger charge is 2.10. The Morgan fingerprint density at radius 3 is 2.86 bits per heavy atom. The topological polar surface area (TPSA) is 59.5 Å². The monoisotopic (exact) mass is 295 g/mol. The van der Waals surface area contributed by atoms with Crippen LogP contribution < -0.4 is 5.43 Å². The van der Waals surface area contributed by atoms with Crippen LogP contribution >= 0.6 is 0 Å². The normalized spacial score (nSPS) is 11.6. The Balaban J connectivity index is 1.67. The largest absolute Gasteiger partial charge is 0.451 e. The lowest BCUT2D eigenvalue weighted by Crippen LogP contribution is -2.16. The summed E-state index contributed by atoms with van der Waals surface area (Å²) >= 11 is 0. The van der Waals surface area contributed by atoms with Crippen molar-refractivity contribution >= 4 is 23.1 Å². The molecule has 1 amide bonds. The third-order valence-electron chi connectivity index (χ3n) is 3.36. The van der Waals surface area contributed by atoms with E-state index >= 15 is 0 Å². The van der Waals surface area contributed by atoms with Gasteiger partial charge in [-0.15, -0.1) is 0 Å². The fraction of sp³-hybridized carbons (Fsp3) is 0.176. The summed E-state index contributed by atoms with van der Waals surface area (Å²) < 4.78 is 7.55. The molecular weight excluding hydrogens is 278 g/mol. The van der Waals surface area contributed by atoms with E-state index in [4.69, 9.17) is 4.42 Å². The van der Waals surface area contributed by atoms with Gasteiger partial charge in [-0.05, 0) is 32.0 Å². The minimum absolute atomic E-state index is 0.248. The van der Waals surface area contributed by atoms with Gasteiger partial charge in [0.15, 0.2) is 5.76 Å². The number of aromatic nitrogens is 1. The number of para-hydroxylation sites is 1. The molecule has 1 N–H and O–H groups in total. The smallest absolute Gasteiger partial charge is 0.307 e. The number of rotatable bonds is 4. The molecule has 2 aromatic heterocycles. The van der Waals surface area contributed by atoms with E-state index in [1.54, 1.807) is 12.3 Å². The number of benzene rings is 1. The molecule has 5 heteroatoms. The third-order valence-corrected chi connectivity index (χ3v) is 3.36.